The van der Waals surface area contributed by atoms with E-state index < -0.39 is 11.0 Å². The molecule has 142 valence electrons. The van der Waals surface area contributed by atoms with Crippen molar-refractivity contribution in [3.63, 3.8) is 0 Å². The van der Waals surface area contributed by atoms with Crippen LogP contribution in [0.1, 0.15) is 18.9 Å². The maximum atomic E-state index is 11.8. The summed E-state index contributed by atoms with van der Waals surface area (Å²) in [5.74, 6) is 0.282. The SMILES string of the molecule is CCCOc1c(OC)cc(/C=N/NC(=O)Nc2ccccc2)cc1[N+](=O)[O-]. The number of amides is 2. The van der Waals surface area contributed by atoms with Crippen LogP contribution < -0.4 is 20.2 Å². The van der Waals surface area contributed by atoms with Crippen molar-refractivity contribution in [3.05, 3.63) is 58.1 Å². The van der Waals surface area contributed by atoms with Crippen molar-refractivity contribution in [2.24, 2.45) is 5.10 Å². The predicted molar refractivity (Wildman–Crippen MR) is 102 cm³/mol. The van der Waals surface area contributed by atoms with E-state index in [9.17, 15) is 14.9 Å². The molecule has 9 nitrogen and oxygen atoms in total. The van der Waals surface area contributed by atoms with Crippen molar-refractivity contribution in [3.8, 4) is 11.5 Å². The Morgan fingerprint density at radius 1 is 1.30 bits per heavy atom. The number of nitro groups is 1. The summed E-state index contributed by atoms with van der Waals surface area (Å²) in [6.45, 7) is 2.22. The first-order valence-corrected chi connectivity index (χ1v) is 8.19. The average Bonchev–Trinajstić information content (AvgIpc) is 2.66. The average molecular weight is 372 g/mol. The molecule has 0 heterocycles. The zero-order valence-corrected chi connectivity index (χ0v) is 15.0. The summed E-state index contributed by atoms with van der Waals surface area (Å²) in [5, 5.41) is 17.7. The molecule has 0 unspecified atom stereocenters. The van der Waals surface area contributed by atoms with Crippen LogP contribution in [0.25, 0.3) is 0 Å². The fraction of sp³-hybridized carbons (Fsp3) is 0.222. The van der Waals surface area contributed by atoms with Gasteiger partial charge in [0.25, 0.3) is 0 Å². The second-order valence-electron chi connectivity index (χ2n) is 5.37. The number of hydrogen-bond acceptors (Lipinski definition) is 6. The van der Waals surface area contributed by atoms with Gasteiger partial charge in [-0.15, -0.1) is 0 Å². The lowest BCUT2D eigenvalue weighted by Crippen LogP contribution is -2.24. The molecule has 0 saturated heterocycles. The highest BCUT2D eigenvalue weighted by atomic mass is 16.6. The Bertz CT molecular complexity index is 824. The van der Waals surface area contributed by atoms with E-state index in [0.717, 1.165) is 0 Å². The standard InChI is InChI=1S/C18H20N4O5/c1-3-9-27-17-15(22(24)25)10-13(11-16(17)26-2)12-19-21-18(23)20-14-7-5-4-6-8-14/h4-8,10-12H,3,9H2,1-2H3,(H2,20,21,23)/b19-12+. The van der Waals surface area contributed by atoms with Gasteiger partial charge in [0.15, 0.2) is 5.75 Å². The Morgan fingerprint density at radius 3 is 2.67 bits per heavy atom. The van der Waals surface area contributed by atoms with Gasteiger partial charge in [0.05, 0.1) is 24.9 Å². The second-order valence-corrected chi connectivity index (χ2v) is 5.37. The van der Waals surface area contributed by atoms with E-state index in [2.05, 4.69) is 15.8 Å². The molecule has 0 saturated carbocycles. The van der Waals surface area contributed by atoms with Crippen molar-refractivity contribution >= 4 is 23.6 Å². The molecule has 0 aliphatic carbocycles. The van der Waals surface area contributed by atoms with Gasteiger partial charge in [-0.05, 0) is 24.6 Å². The van der Waals surface area contributed by atoms with Gasteiger partial charge in [-0.3, -0.25) is 10.1 Å². The number of carbonyl (C=O) groups excluding carboxylic acids is 1. The number of nitro benzene ring substituents is 1. The normalized spacial score (nSPS) is 10.4. The van der Waals surface area contributed by atoms with Crippen LogP contribution >= 0.6 is 0 Å². The molecule has 2 rings (SSSR count). The molecule has 0 aromatic heterocycles. The van der Waals surface area contributed by atoms with Crippen LogP contribution in [-0.4, -0.2) is 30.9 Å². The highest BCUT2D eigenvalue weighted by molar-refractivity contribution is 5.90. The molecule has 0 aliphatic heterocycles. The van der Waals surface area contributed by atoms with E-state index in [1.807, 2.05) is 13.0 Å². The van der Waals surface area contributed by atoms with E-state index in [4.69, 9.17) is 9.47 Å². The largest absolute Gasteiger partial charge is 0.493 e. The lowest BCUT2D eigenvalue weighted by Gasteiger charge is -2.11. The highest BCUT2D eigenvalue weighted by Gasteiger charge is 2.21. The summed E-state index contributed by atoms with van der Waals surface area (Å²) in [7, 11) is 1.39. The first-order chi connectivity index (χ1) is 13.0. The first kappa shape index (κ1) is 19.7. The number of anilines is 1. The van der Waals surface area contributed by atoms with Crippen LogP contribution in [0, 0.1) is 10.1 Å². The van der Waals surface area contributed by atoms with Crippen molar-refractivity contribution in [1.82, 2.24) is 5.43 Å². The molecule has 0 fully saturated rings. The van der Waals surface area contributed by atoms with E-state index in [0.29, 0.717) is 24.3 Å². The van der Waals surface area contributed by atoms with Crippen molar-refractivity contribution in [2.45, 2.75) is 13.3 Å². The molecule has 2 N–H and O–H groups in total. The van der Waals surface area contributed by atoms with Gasteiger partial charge in [-0.2, -0.15) is 5.10 Å². The second kappa shape index (κ2) is 9.76. The third-order valence-corrected chi connectivity index (χ3v) is 3.34. The van der Waals surface area contributed by atoms with E-state index in [1.165, 1.54) is 25.5 Å². The van der Waals surface area contributed by atoms with E-state index in [1.54, 1.807) is 24.3 Å². The van der Waals surface area contributed by atoms with Crippen LogP contribution in [0.3, 0.4) is 0 Å². The quantitative estimate of drug-likeness (QED) is 0.418. The molecule has 0 spiro atoms. The van der Waals surface area contributed by atoms with Crippen LogP contribution in [0.4, 0.5) is 16.2 Å². The summed E-state index contributed by atoms with van der Waals surface area (Å²) in [5.41, 5.74) is 3.04. The number of urea groups is 1. The van der Waals surface area contributed by atoms with Crippen LogP contribution in [0.2, 0.25) is 0 Å². The van der Waals surface area contributed by atoms with Gasteiger partial charge >= 0.3 is 11.7 Å². The van der Waals surface area contributed by atoms with Crippen LogP contribution in [0.5, 0.6) is 11.5 Å². The topological polar surface area (TPSA) is 115 Å². The molecule has 9 heteroatoms. The van der Waals surface area contributed by atoms with Crippen molar-refractivity contribution in [1.29, 1.82) is 0 Å². The number of ether oxygens (including phenoxy) is 2. The number of hydrogen-bond donors (Lipinski definition) is 2. The summed E-state index contributed by atoms with van der Waals surface area (Å²) >= 11 is 0. The van der Waals surface area contributed by atoms with E-state index in [-0.39, 0.29) is 17.2 Å². The number of nitrogens with zero attached hydrogens (tertiary/aromatic N) is 2. The summed E-state index contributed by atoms with van der Waals surface area (Å²) < 4.78 is 10.6. The maximum Gasteiger partial charge on any atom is 0.339 e. The number of benzene rings is 2. The number of para-hydroxylation sites is 1. The Kier molecular flexibility index (Phi) is 7.12. The summed E-state index contributed by atoms with van der Waals surface area (Å²) in [6.07, 6.45) is 1.98. The molecular formula is C18H20N4O5. The fourth-order valence-corrected chi connectivity index (χ4v) is 2.17. The molecule has 0 bridgehead atoms. The molecule has 0 radical (unpaired) electrons. The summed E-state index contributed by atoms with van der Waals surface area (Å²) in [4.78, 5) is 22.6. The Hall–Kier alpha value is -3.62. The predicted octanol–water partition coefficient (Wildman–Crippen LogP) is 3.55. The number of hydrazone groups is 1. The van der Waals surface area contributed by atoms with Gasteiger partial charge in [-0.25, -0.2) is 10.2 Å². The van der Waals surface area contributed by atoms with Gasteiger partial charge in [0.1, 0.15) is 0 Å². The molecule has 0 aliphatic rings. The lowest BCUT2D eigenvalue weighted by molar-refractivity contribution is -0.386. The van der Waals surface area contributed by atoms with Gasteiger partial charge in [-0.1, -0.05) is 25.1 Å². The van der Waals surface area contributed by atoms with Crippen LogP contribution in [-0.2, 0) is 0 Å². The van der Waals surface area contributed by atoms with Gasteiger partial charge in [0.2, 0.25) is 5.75 Å². The monoisotopic (exact) mass is 372 g/mol. The molecule has 0 atom stereocenters. The third-order valence-electron chi connectivity index (χ3n) is 3.34. The summed E-state index contributed by atoms with van der Waals surface area (Å²) in [6, 6.07) is 11.2. The van der Waals surface area contributed by atoms with E-state index >= 15 is 0 Å². The lowest BCUT2D eigenvalue weighted by atomic mass is 10.2. The maximum absolute atomic E-state index is 11.8. The molecule has 2 aromatic carbocycles. The Morgan fingerprint density at radius 2 is 2.04 bits per heavy atom. The van der Waals surface area contributed by atoms with Crippen molar-refractivity contribution in [2.75, 3.05) is 19.0 Å². The van der Waals surface area contributed by atoms with Crippen molar-refractivity contribution < 1.29 is 19.2 Å². The minimum atomic E-state index is -0.555. The Labute approximate surface area is 156 Å². The van der Waals surface area contributed by atoms with Gasteiger partial charge < -0.3 is 14.8 Å². The number of methoxy groups -OCH3 is 1. The molecule has 2 aromatic rings. The molecular weight excluding hydrogens is 352 g/mol. The fourth-order valence-electron chi connectivity index (χ4n) is 2.17. The Balaban J connectivity index is 2.13. The minimum absolute atomic E-state index is 0.0660. The minimum Gasteiger partial charge on any atom is -0.493 e. The number of nitrogens with one attached hydrogen (secondary N) is 2. The smallest absolute Gasteiger partial charge is 0.339 e. The molecule has 2 amide bonds. The zero-order valence-electron chi connectivity index (χ0n) is 15.0. The number of carbonyl (C=O) groups is 1. The molecule has 27 heavy (non-hydrogen) atoms. The number of rotatable bonds is 8. The zero-order chi connectivity index (χ0) is 19.6. The highest BCUT2D eigenvalue weighted by Crippen LogP contribution is 2.38. The third kappa shape index (κ3) is 5.70. The van der Waals surface area contributed by atoms with Crippen LogP contribution in [0.15, 0.2) is 47.6 Å². The van der Waals surface area contributed by atoms with Gasteiger partial charge in [0, 0.05) is 17.3 Å². The first-order valence-electron chi connectivity index (χ1n) is 8.19.